The highest BCUT2D eigenvalue weighted by Gasteiger charge is 2.28. The smallest absolute Gasteiger partial charge is 0.0418 e. The van der Waals surface area contributed by atoms with Crippen molar-refractivity contribution in [2.45, 2.75) is 38.1 Å². The van der Waals surface area contributed by atoms with Gasteiger partial charge in [-0.25, -0.2) is 0 Å². The van der Waals surface area contributed by atoms with Crippen molar-refractivity contribution in [1.29, 1.82) is 0 Å². The van der Waals surface area contributed by atoms with Crippen molar-refractivity contribution in [3.63, 3.8) is 0 Å². The van der Waals surface area contributed by atoms with E-state index in [1.54, 1.807) is 0 Å². The third-order valence-electron chi connectivity index (χ3n) is 4.64. The first-order valence-corrected chi connectivity index (χ1v) is 7.71. The molecule has 0 bridgehead atoms. The molecular weight excluding hydrogens is 232 g/mol. The Morgan fingerprint density at radius 1 is 1.05 bits per heavy atom. The van der Waals surface area contributed by atoms with Crippen molar-refractivity contribution in [1.82, 2.24) is 4.90 Å². The number of likely N-dealkylation sites (tertiary alicyclic amines) is 1. The lowest BCUT2D eigenvalue weighted by atomic mass is 9.88. The summed E-state index contributed by atoms with van der Waals surface area (Å²) < 4.78 is 0. The van der Waals surface area contributed by atoms with Gasteiger partial charge in [-0.2, -0.15) is 0 Å². The quantitative estimate of drug-likeness (QED) is 0.754. The fraction of sp³-hybridized carbons (Fsp3) is 0.588. The molecule has 1 heterocycles. The highest BCUT2D eigenvalue weighted by molar-refractivity contribution is 5.79. The van der Waals surface area contributed by atoms with E-state index in [1.807, 2.05) is 12.3 Å². The van der Waals surface area contributed by atoms with Crippen molar-refractivity contribution < 1.29 is 0 Å². The largest absolute Gasteiger partial charge is 0.300 e. The van der Waals surface area contributed by atoms with Gasteiger partial charge >= 0.3 is 0 Å². The van der Waals surface area contributed by atoms with Crippen LogP contribution in [0.4, 0.5) is 0 Å². The Morgan fingerprint density at radius 2 is 1.79 bits per heavy atom. The molecule has 0 atom stereocenters. The molecule has 1 aliphatic heterocycles. The summed E-state index contributed by atoms with van der Waals surface area (Å²) in [4.78, 5) is 7.34. The molecule has 2 heteroatoms. The maximum atomic E-state index is 4.63. The molecule has 3 rings (SSSR count). The van der Waals surface area contributed by atoms with Gasteiger partial charge in [0.25, 0.3) is 0 Å². The normalized spacial score (nSPS) is 22.7. The molecule has 19 heavy (non-hydrogen) atoms. The van der Waals surface area contributed by atoms with Crippen LogP contribution < -0.4 is 0 Å². The van der Waals surface area contributed by atoms with Gasteiger partial charge in [-0.15, -0.1) is 0 Å². The van der Waals surface area contributed by atoms with E-state index in [1.165, 1.54) is 50.8 Å². The average molecular weight is 256 g/mol. The topological polar surface area (TPSA) is 15.6 Å². The molecule has 2 aliphatic rings. The van der Waals surface area contributed by atoms with Gasteiger partial charge < -0.3 is 4.90 Å². The second kappa shape index (κ2) is 6.33. The number of rotatable bonds is 4. The third-order valence-corrected chi connectivity index (χ3v) is 4.64. The first kappa shape index (κ1) is 12.9. The Morgan fingerprint density at radius 3 is 2.42 bits per heavy atom. The molecule has 1 saturated carbocycles. The zero-order chi connectivity index (χ0) is 12.9. The second-order valence-corrected chi connectivity index (χ2v) is 5.97. The highest BCUT2D eigenvalue weighted by Crippen LogP contribution is 2.28. The van der Waals surface area contributed by atoms with Crippen LogP contribution in [0.25, 0.3) is 0 Å². The molecule has 0 radical (unpaired) electrons. The van der Waals surface area contributed by atoms with Gasteiger partial charge in [-0.3, -0.25) is 4.99 Å². The van der Waals surface area contributed by atoms with Crippen molar-refractivity contribution in [2.75, 3.05) is 19.6 Å². The SMILES string of the molecule is C(=NCC1CCN(C2CCC2)CC1)c1ccccc1. The van der Waals surface area contributed by atoms with Gasteiger partial charge in [0.1, 0.15) is 0 Å². The van der Waals surface area contributed by atoms with E-state index < -0.39 is 0 Å². The van der Waals surface area contributed by atoms with Crippen LogP contribution in [0.3, 0.4) is 0 Å². The lowest BCUT2D eigenvalue weighted by Gasteiger charge is -2.41. The van der Waals surface area contributed by atoms with Crippen LogP contribution >= 0.6 is 0 Å². The number of piperidine rings is 1. The molecule has 1 aliphatic carbocycles. The van der Waals surface area contributed by atoms with Gasteiger partial charge in [0.05, 0.1) is 0 Å². The Bertz CT molecular complexity index is 401. The molecule has 0 unspecified atom stereocenters. The molecule has 0 spiro atoms. The van der Waals surface area contributed by atoms with Crippen LogP contribution in [0.15, 0.2) is 35.3 Å². The third kappa shape index (κ3) is 3.44. The number of aliphatic imine (C=N–C) groups is 1. The van der Waals surface area contributed by atoms with Gasteiger partial charge in [-0.1, -0.05) is 36.8 Å². The summed E-state index contributed by atoms with van der Waals surface area (Å²) in [6.45, 7) is 3.61. The summed E-state index contributed by atoms with van der Waals surface area (Å²) in [5.41, 5.74) is 1.22. The van der Waals surface area contributed by atoms with Crippen molar-refractivity contribution in [2.24, 2.45) is 10.9 Å². The van der Waals surface area contributed by atoms with Gasteiger partial charge in [0.2, 0.25) is 0 Å². The van der Waals surface area contributed by atoms with Crippen LogP contribution in [-0.2, 0) is 0 Å². The zero-order valence-electron chi connectivity index (χ0n) is 11.7. The Labute approximate surface area is 116 Å². The molecular formula is C17H24N2. The average Bonchev–Trinajstić information content (AvgIpc) is 2.40. The first-order chi connectivity index (χ1) is 9.42. The number of hydrogen-bond acceptors (Lipinski definition) is 2. The summed E-state index contributed by atoms with van der Waals surface area (Å²) in [5, 5.41) is 0. The highest BCUT2D eigenvalue weighted by atomic mass is 15.2. The minimum Gasteiger partial charge on any atom is -0.300 e. The monoisotopic (exact) mass is 256 g/mol. The minimum atomic E-state index is 0.802. The molecule has 0 aromatic heterocycles. The molecule has 0 N–H and O–H groups in total. The number of benzene rings is 1. The first-order valence-electron chi connectivity index (χ1n) is 7.71. The summed E-state index contributed by atoms with van der Waals surface area (Å²) in [7, 11) is 0. The molecule has 2 fully saturated rings. The molecule has 102 valence electrons. The maximum absolute atomic E-state index is 4.63. The van der Waals surface area contributed by atoms with Crippen LogP contribution in [0.1, 0.15) is 37.7 Å². The van der Waals surface area contributed by atoms with Gasteiger partial charge in [0, 0.05) is 18.8 Å². The summed E-state index contributed by atoms with van der Waals surface area (Å²) in [5.74, 6) is 0.802. The Hall–Kier alpha value is -1.15. The van der Waals surface area contributed by atoms with Gasteiger partial charge in [-0.05, 0) is 50.3 Å². The predicted molar refractivity (Wildman–Crippen MR) is 80.8 cm³/mol. The van der Waals surface area contributed by atoms with Crippen molar-refractivity contribution in [3.05, 3.63) is 35.9 Å². The van der Waals surface area contributed by atoms with E-state index in [9.17, 15) is 0 Å². The summed E-state index contributed by atoms with van der Waals surface area (Å²) in [6.07, 6.45) is 9.03. The Kier molecular flexibility index (Phi) is 4.29. The zero-order valence-corrected chi connectivity index (χ0v) is 11.7. The van der Waals surface area contributed by atoms with Crippen LogP contribution in [0.5, 0.6) is 0 Å². The van der Waals surface area contributed by atoms with Crippen LogP contribution in [-0.4, -0.2) is 36.8 Å². The van der Waals surface area contributed by atoms with Gasteiger partial charge in [0.15, 0.2) is 0 Å². The molecule has 2 nitrogen and oxygen atoms in total. The van der Waals surface area contributed by atoms with E-state index in [0.717, 1.165) is 18.5 Å². The predicted octanol–water partition coefficient (Wildman–Crippen LogP) is 3.37. The van der Waals surface area contributed by atoms with E-state index in [0.29, 0.717) is 0 Å². The lowest BCUT2D eigenvalue weighted by molar-refractivity contribution is 0.0864. The number of hydrogen-bond donors (Lipinski definition) is 0. The van der Waals surface area contributed by atoms with E-state index in [-0.39, 0.29) is 0 Å². The Balaban J connectivity index is 1.41. The fourth-order valence-corrected chi connectivity index (χ4v) is 3.10. The van der Waals surface area contributed by atoms with Crippen molar-refractivity contribution >= 4 is 6.21 Å². The molecule has 0 amide bonds. The van der Waals surface area contributed by atoms with E-state index in [4.69, 9.17) is 0 Å². The summed E-state index contributed by atoms with van der Waals surface area (Å²) in [6, 6.07) is 11.3. The number of nitrogens with zero attached hydrogens (tertiary/aromatic N) is 2. The molecule has 1 aromatic carbocycles. The van der Waals surface area contributed by atoms with Crippen LogP contribution in [0, 0.1) is 5.92 Å². The van der Waals surface area contributed by atoms with Crippen molar-refractivity contribution in [3.8, 4) is 0 Å². The van der Waals surface area contributed by atoms with E-state index in [2.05, 4.69) is 34.2 Å². The second-order valence-electron chi connectivity index (χ2n) is 5.97. The van der Waals surface area contributed by atoms with E-state index >= 15 is 0 Å². The summed E-state index contributed by atoms with van der Waals surface area (Å²) >= 11 is 0. The minimum absolute atomic E-state index is 0.802. The van der Waals surface area contributed by atoms with Crippen LogP contribution in [0.2, 0.25) is 0 Å². The fourth-order valence-electron chi connectivity index (χ4n) is 3.10. The molecule has 1 saturated heterocycles. The standard InChI is InChI=1S/C17H24N2/c1-2-5-15(6-3-1)13-18-14-16-9-11-19(12-10-16)17-7-4-8-17/h1-3,5-6,13,16-17H,4,7-12,14H2. The molecule has 1 aromatic rings. The maximum Gasteiger partial charge on any atom is 0.0418 e. The lowest BCUT2D eigenvalue weighted by Crippen LogP contribution is -2.45.